The molecule has 3 nitrogen and oxygen atoms in total. The molecule has 0 atom stereocenters. The van der Waals surface area contributed by atoms with E-state index in [0.29, 0.717) is 18.7 Å². The normalized spacial score (nSPS) is 10.6. The van der Waals surface area contributed by atoms with Gasteiger partial charge >= 0.3 is 0 Å². The van der Waals surface area contributed by atoms with E-state index in [0.717, 1.165) is 17.5 Å². The molecule has 0 saturated heterocycles. The number of amides is 1. The Balaban J connectivity index is 2.85. The van der Waals surface area contributed by atoms with E-state index >= 15 is 0 Å². The van der Waals surface area contributed by atoms with Gasteiger partial charge in [0, 0.05) is 23.5 Å². The van der Waals surface area contributed by atoms with Gasteiger partial charge in [-0.15, -0.1) is 0 Å². The average molecular weight is 328 g/mol. The Morgan fingerprint density at radius 2 is 2.16 bits per heavy atom. The van der Waals surface area contributed by atoms with Crippen molar-refractivity contribution in [2.45, 2.75) is 33.2 Å². The maximum Gasteiger partial charge on any atom is 0.254 e. The minimum atomic E-state index is 0.0522. The molecule has 0 aliphatic rings. The van der Waals surface area contributed by atoms with Crippen molar-refractivity contribution in [3.8, 4) is 5.75 Å². The van der Waals surface area contributed by atoms with Gasteiger partial charge < -0.3 is 9.64 Å². The van der Waals surface area contributed by atoms with Gasteiger partial charge in [0.2, 0.25) is 0 Å². The van der Waals surface area contributed by atoms with Crippen LogP contribution in [0.25, 0.3) is 0 Å². The fourth-order valence-corrected chi connectivity index (χ4v) is 2.17. The first-order valence-corrected chi connectivity index (χ1v) is 7.82. The van der Waals surface area contributed by atoms with Gasteiger partial charge in [0.25, 0.3) is 5.91 Å². The molecular formula is C15H22BrNO2. The molecule has 1 aromatic carbocycles. The summed E-state index contributed by atoms with van der Waals surface area (Å²) in [5.41, 5.74) is 0.684. The highest BCUT2D eigenvalue weighted by Crippen LogP contribution is 2.16. The monoisotopic (exact) mass is 327 g/mol. The number of carbonyl (C=O) groups excluding carboxylic acids is 1. The maximum atomic E-state index is 12.5. The van der Waals surface area contributed by atoms with Crippen molar-refractivity contribution in [2.75, 3.05) is 18.5 Å². The van der Waals surface area contributed by atoms with Gasteiger partial charge in [-0.25, -0.2) is 0 Å². The number of ether oxygens (including phenoxy) is 1. The molecule has 0 aliphatic heterocycles. The minimum absolute atomic E-state index is 0.0522. The van der Waals surface area contributed by atoms with E-state index in [1.165, 1.54) is 0 Å². The summed E-state index contributed by atoms with van der Waals surface area (Å²) in [6, 6.07) is 7.60. The van der Waals surface area contributed by atoms with Gasteiger partial charge in [0.1, 0.15) is 5.75 Å². The van der Waals surface area contributed by atoms with Crippen molar-refractivity contribution in [1.29, 1.82) is 0 Å². The highest BCUT2D eigenvalue weighted by Gasteiger charge is 2.18. The predicted molar refractivity (Wildman–Crippen MR) is 82.2 cm³/mol. The summed E-state index contributed by atoms with van der Waals surface area (Å²) in [7, 11) is 0. The molecule has 0 N–H and O–H groups in total. The van der Waals surface area contributed by atoms with Gasteiger partial charge in [-0.1, -0.05) is 28.9 Å². The summed E-state index contributed by atoms with van der Waals surface area (Å²) in [5.74, 6) is 0.812. The van der Waals surface area contributed by atoms with Gasteiger partial charge in [0.05, 0.1) is 6.61 Å². The molecule has 1 rings (SSSR count). The Hall–Kier alpha value is -1.03. The van der Waals surface area contributed by atoms with Crippen LogP contribution in [0, 0.1) is 0 Å². The fraction of sp³-hybridized carbons (Fsp3) is 0.533. The topological polar surface area (TPSA) is 29.5 Å². The van der Waals surface area contributed by atoms with E-state index in [9.17, 15) is 4.79 Å². The first-order valence-electron chi connectivity index (χ1n) is 6.70. The molecule has 106 valence electrons. The molecule has 0 spiro atoms. The van der Waals surface area contributed by atoms with E-state index in [4.69, 9.17) is 4.74 Å². The van der Waals surface area contributed by atoms with Crippen LogP contribution in [0.3, 0.4) is 0 Å². The zero-order valence-electron chi connectivity index (χ0n) is 11.9. The number of nitrogens with zero attached hydrogens (tertiary/aromatic N) is 1. The Morgan fingerprint density at radius 3 is 2.74 bits per heavy atom. The largest absolute Gasteiger partial charge is 0.494 e. The molecule has 19 heavy (non-hydrogen) atoms. The van der Waals surface area contributed by atoms with Crippen molar-refractivity contribution in [1.82, 2.24) is 4.90 Å². The molecule has 0 fully saturated rings. The van der Waals surface area contributed by atoms with Crippen LogP contribution in [0.4, 0.5) is 0 Å². The van der Waals surface area contributed by atoms with Gasteiger partial charge in [-0.2, -0.15) is 0 Å². The Kier molecular flexibility index (Phi) is 6.92. The van der Waals surface area contributed by atoms with Crippen molar-refractivity contribution in [3.63, 3.8) is 0 Å². The summed E-state index contributed by atoms with van der Waals surface area (Å²) in [4.78, 5) is 14.3. The summed E-state index contributed by atoms with van der Waals surface area (Å²) < 4.78 is 5.57. The third kappa shape index (κ3) is 4.86. The van der Waals surface area contributed by atoms with Crippen LogP contribution in [0.2, 0.25) is 0 Å². The van der Waals surface area contributed by atoms with Crippen LogP contribution in [0.15, 0.2) is 24.3 Å². The molecule has 0 aliphatic carbocycles. The van der Waals surface area contributed by atoms with Gasteiger partial charge in [-0.05, 0) is 38.5 Å². The number of rotatable bonds is 7. The Morgan fingerprint density at radius 1 is 1.42 bits per heavy atom. The molecule has 0 radical (unpaired) electrons. The second-order valence-electron chi connectivity index (χ2n) is 4.66. The maximum absolute atomic E-state index is 12.5. The second kappa shape index (κ2) is 8.20. The van der Waals surface area contributed by atoms with Crippen molar-refractivity contribution in [2.24, 2.45) is 0 Å². The predicted octanol–water partition coefficient (Wildman–Crippen LogP) is 3.72. The van der Waals surface area contributed by atoms with Gasteiger partial charge in [-0.3, -0.25) is 4.79 Å². The quantitative estimate of drug-likeness (QED) is 0.714. The molecular weight excluding hydrogens is 306 g/mol. The number of hydrogen-bond acceptors (Lipinski definition) is 2. The van der Waals surface area contributed by atoms with Crippen molar-refractivity contribution < 1.29 is 9.53 Å². The lowest BCUT2D eigenvalue weighted by molar-refractivity contribution is 0.0719. The summed E-state index contributed by atoms with van der Waals surface area (Å²) >= 11 is 3.39. The van der Waals surface area contributed by atoms with Crippen LogP contribution in [0.5, 0.6) is 5.75 Å². The zero-order chi connectivity index (χ0) is 14.3. The number of alkyl halides is 1. The third-order valence-corrected chi connectivity index (χ3v) is 3.12. The standard InChI is InChI=1S/C15H22BrNO2/c1-4-10-19-14-7-5-6-13(11-14)15(18)17(9-8-16)12(2)3/h5-7,11-12H,4,8-10H2,1-3H3. The molecule has 0 heterocycles. The first-order chi connectivity index (χ1) is 9.10. The van der Waals surface area contributed by atoms with E-state index in [1.54, 1.807) is 0 Å². The van der Waals surface area contributed by atoms with Crippen molar-refractivity contribution >= 4 is 21.8 Å². The Bertz CT molecular complexity index is 407. The second-order valence-corrected chi connectivity index (χ2v) is 5.45. The molecule has 1 amide bonds. The van der Waals surface area contributed by atoms with Crippen molar-refractivity contribution in [3.05, 3.63) is 29.8 Å². The summed E-state index contributed by atoms with van der Waals surface area (Å²) in [5, 5.41) is 0.781. The van der Waals surface area contributed by atoms with Crippen LogP contribution < -0.4 is 4.74 Å². The number of benzene rings is 1. The van der Waals surface area contributed by atoms with E-state index in [1.807, 2.05) is 43.0 Å². The summed E-state index contributed by atoms with van der Waals surface area (Å²) in [6.45, 7) is 7.49. The third-order valence-electron chi connectivity index (χ3n) is 2.76. The SMILES string of the molecule is CCCOc1cccc(C(=O)N(CCBr)C(C)C)c1. The lowest BCUT2D eigenvalue weighted by Gasteiger charge is -2.26. The highest BCUT2D eigenvalue weighted by atomic mass is 79.9. The highest BCUT2D eigenvalue weighted by molar-refractivity contribution is 9.09. The molecule has 4 heteroatoms. The molecule has 0 bridgehead atoms. The average Bonchev–Trinajstić information content (AvgIpc) is 2.41. The number of hydrogen-bond donors (Lipinski definition) is 0. The Labute approximate surface area is 124 Å². The first kappa shape index (κ1) is 16.0. The molecule has 0 unspecified atom stereocenters. The van der Waals surface area contributed by atoms with Crippen LogP contribution in [0.1, 0.15) is 37.6 Å². The van der Waals surface area contributed by atoms with Crippen LogP contribution in [-0.2, 0) is 0 Å². The number of halogens is 1. The molecule has 1 aromatic rings. The van der Waals surface area contributed by atoms with Crippen LogP contribution >= 0.6 is 15.9 Å². The number of carbonyl (C=O) groups is 1. The van der Waals surface area contributed by atoms with Gasteiger partial charge in [0.15, 0.2) is 0 Å². The minimum Gasteiger partial charge on any atom is -0.494 e. The summed E-state index contributed by atoms with van der Waals surface area (Å²) in [6.07, 6.45) is 0.958. The fourth-order valence-electron chi connectivity index (χ4n) is 1.79. The van der Waals surface area contributed by atoms with E-state index < -0.39 is 0 Å². The van der Waals surface area contributed by atoms with Crippen LogP contribution in [-0.4, -0.2) is 35.3 Å². The van der Waals surface area contributed by atoms with E-state index in [2.05, 4.69) is 22.9 Å². The lowest BCUT2D eigenvalue weighted by atomic mass is 10.1. The molecule has 0 saturated carbocycles. The van der Waals surface area contributed by atoms with E-state index in [-0.39, 0.29) is 11.9 Å². The smallest absolute Gasteiger partial charge is 0.254 e. The molecule has 0 aromatic heterocycles. The lowest BCUT2D eigenvalue weighted by Crippen LogP contribution is -2.38. The zero-order valence-corrected chi connectivity index (χ0v) is 13.4.